The van der Waals surface area contributed by atoms with Gasteiger partial charge in [-0.25, -0.2) is 9.97 Å². The highest BCUT2D eigenvalue weighted by atomic mass is 16.1. The zero-order valence-electron chi connectivity index (χ0n) is 15.3. The summed E-state index contributed by atoms with van der Waals surface area (Å²) in [5, 5.41) is 0. The monoisotopic (exact) mass is 361 g/mol. The van der Waals surface area contributed by atoms with Gasteiger partial charge in [-0.05, 0) is 43.7 Å². The van der Waals surface area contributed by atoms with E-state index in [0.29, 0.717) is 11.8 Å². The van der Waals surface area contributed by atoms with Gasteiger partial charge < -0.3 is 4.90 Å². The average molecular weight is 361 g/mol. The van der Waals surface area contributed by atoms with Crippen LogP contribution < -0.4 is 10.5 Å². The molecule has 5 rings (SSSR count). The van der Waals surface area contributed by atoms with Gasteiger partial charge in [0.1, 0.15) is 5.82 Å². The first-order valence-electron chi connectivity index (χ1n) is 9.79. The number of hydrogen-bond acceptors (Lipinski definition) is 5. The Bertz CT molecular complexity index is 1020. The van der Waals surface area contributed by atoms with Crippen LogP contribution in [0.2, 0.25) is 0 Å². The summed E-state index contributed by atoms with van der Waals surface area (Å²) >= 11 is 0. The Morgan fingerprint density at radius 3 is 2.52 bits per heavy atom. The first-order chi connectivity index (χ1) is 13.3. The van der Waals surface area contributed by atoms with E-state index in [1.165, 1.54) is 12.8 Å². The van der Waals surface area contributed by atoms with Gasteiger partial charge in [0.05, 0.1) is 29.3 Å². The van der Waals surface area contributed by atoms with Gasteiger partial charge in [0.25, 0.3) is 5.56 Å². The normalized spacial score (nSPS) is 18.1. The van der Waals surface area contributed by atoms with Crippen molar-refractivity contribution < 1.29 is 0 Å². The van der Waals surface area contributed by atoms with E-state index in [0.717, 1.165) is 55.0 Å². The van der Waals surface area contributed by atoms with E-state index in [2.05, 4.69) is 14.9 Å². The van der Waals surface area contributed by atoms with Crippen LogP contribution in [0, 0.1) is 5.92 Å². The smallest absolute Gasteiger partial charge is 0.253 e. The van der Waals surface area contributed by atoms with Gasteiger partial charge >= 0.3 is 0 Å². The van der Waals surface area contributed by atoms with Crippen molar-refractivity contribution >= 4 is 16.9 Å². The molecule has 0 N–H and O–H groups in total. The SMILES string of the molecule is O=c1cc(C2CC2)ncn1CC1CCN(c2cnc3ccccc3n2)CC1. The topological polar surface area (TPSA) is 63.9 Å². The highest BCUT2D eigenvalue weighted by molar-refractivity contribution is 5.75. The van der Waals surface area contributed by atoms with E-state index >= 15 is 0 Å². The van der Waals surface area contributed by atoms with Crippen LogP contribution in [0.1, 0.15) is 37.3 Å². The lowest BCUT2D eigenvalue weighted by Crippen LogP contribution is -2.36. The Kier molecular flexibility index (Phi) is 4.11. The molecule has 0 spiro atoms. The second-order valence-electron chi connectivity index (χ2n) is 7.73. The molecule has 138 valence electrons. The van der Waals surface area contributed by atoms with Crippen LogP contribution in [-0.2, 0) is 6.54 Å². The van der Waals surface area contributed by atoms with Crippen molar-refractivity contribution in [3.05, 3.63) is 58.9 Å². The molecule has 2 aliphatic rings. The second kappa shape index (κ2) is 6.76. The van der Waals surface area contributed by atoms with Crippen molar-refractivity contribution in [3.8, 4) is 0 Å². The second-order valence-corrected chi connectivity index (χ2v) is 7.73. The number of anilines is 1. The molecule has 1 saturated heterocycles. The molecule has 0 unspecified atom stereocenters. The molecule has 0 bridgehead atoms. The third-order valence-corrected chi connectivity index (χ3v) is 5.73. The number of hydrogen-bond donors (Lipinski definition) is 0. The number of piperidine rings is 1. The number of fused-ring (bicyclic) bond motifs is 1. The van der Waals surface area contributed by atoms with Crippen molar-refractivity contribution in [2.75, 3.05) is 18.0 Å². The molecule has 27 heavy (non-hydrogen) atoms. The Morgan fingerprint density at radius 2 is 1.78 bits per heavy atom. The summed E-state index contributed by atoms with van der Waals surface area (Å²) in [4.78, 5) is 28.4. The maximum absolute atomic E-state index is 12.4. The summed E-state index contributed by atoms with van der Waals surface area (Å²) in [7, 11) is 0. The van der Waals surface area contributed by atoms with E-state index in [-0.39, 0.29) is 5.56 Å². The van der Waals surface area contributed by atoms with Crippen LogP contribution in [0.25, 0.3) is 11.0 Å². The van der Waals surface area contributed by atoms with E-state index < -0.39 is 0 Å². The highest BCUT2D eigenvalue weighted by Gasteiger charge is 2.26. The lowest BCUT2D eigenvalue weighted by atomic mass is 9.96. The summed E-state index contributed by atoms with van der Waals surface area (Å²) in [5.41, 5.74) is 2.93. The molecule has 0 amide bonds. The minimum atomic E-state index is 0.0923. The highest BCUT2D eigenvalue weighted by Crippen LogP contribution is 2.38. The van der Waals surface area contributed by atoms with Crippen LogP contribution in [0.5, 0.6) is 0 Å². The maximum atomic E-state index is 12.4. The molecule has 2 aromatic heterocycles. The van der Waals surface area contributed by atoms with Crippen LogP contribution in [0.3, 0.4) is 0 Å². The molecule has 3 aromatic rings. The third kappa shape index (κ3) is 3.44. The fraction of sp³-hybridized carbons (Fsp3) is 0.429. The van der Waals surface area contributed by atoms with Crippen molar-refractivity contribution in [1.29, 1.82) is 0 Å². The van der Waals surface area contributed by atoms with E-state index in [4.69, 9.17) is 4.98 Å². The summed E-state index contributed by atoms with van der Waals surface area (Å²) < 4.78 is 1.78. The summed E-state index contributed by atoms with van der Waals surface area (Å²) in [6.07, 6.45) is 8.06. The number of para-hydroxylation sites is 2. The van der Waals surface area contributed by atoms with Crippen molar-refractivity contribution in [3.63, 3.8) is 0 Å². The van der Waals surface area contributed by atoms with Crippen LogP contribution in [-0.4, -0.2) is 32.6 Å². The van der Waals surface area contributed by atoms with Crippen LogP contribution in [0.15, 0.2) is 47.7 Å². The van der Waals surface area contributed by atoms with Crippen molar-refractivity contribution in [1.82, 2.24) is 19.5 Å². The molecule has 0 atom stereocenters. The van der Waals surface area contributed by atoms with Gasteiger partial charge in [-0.2, -0.15) is 0 Å². The fourth-order valence-electron chi connectivity index (χ4n) is 3.90. The Morgan fingerprint density at radius 1 is 1.00 bits per heavy atom. The standard InChI is InChI=1S/C21H23N5O/c27-21-11-19(16-5-6-16)23-14-26(21)13-15-7-9-25(10-8-15)20-12-22-17-3-1-2-4-18(17)24-20/h1-4,11-12,14-16H,5-10,13H2. The summed E-state index contributed by atoms with van der Waals surface area (Å²) in [6, 6.07) is 9.70. The first kappa shape index (κ1) is 16.4. The summed E-state index contributed by atoms with van der Waals surface area (Å²) in [6.45, 7) is 2.65. The molecular weight excluding hydrogens is 338 g/mol. The zero-order valence-corrected chi connectivity index (χ0v) is 15.3. The van der Waals surface area contributed by atoms with Gasteiger partial charge in [0, 0.05) is 31.6 Å². The van der Waals surface area contributed by atoms with Crippen LogP contribution >= 0.6 is 0 Å². The number of aromatic nitrogens is 4. The lowest BCUT2D eigenvalue weighted by molar-refractivity contribution is 0.350. The largest absolute Gasteiger partial charge is 0.355 e. The molecule has 6 nitrogen and oxygen atoms in total. The third-order valence-electron chi connectivity index (χ3n) is 5.73. The zero-order chi connectivity index (χ0) is 18.2. The predicted molar refractivity (Wildman–Crippen MR) is 105 cm³/mol. The van der Waals surface area contributed by atoms with Gasteiger partial charge in [-0.15, -0.1) is 0 Å². The number of nitrogens with zero attached hydrogens (tertiary/aromatic N) is 5. The van der Waals surface area contributed by atoms with Crippen molar-refractivity contribution in [2.24, 2.45) is 5.92 Å². The predicted octanol–water partition coefficient (Wildman–Crippen LogP) is 2.98. The van der Waals surface area contributed by atoms with E-state index in [9.17, 15) is 4.79 Å². The molecule has 2 fully saturated rings. The molecule has 0 radical (unpaired) electrons. The Labute approximate surface area is 157 Å². The van der Waals surface area contributed by atoms with Gasteiger partial charge in [-0.3, -0.25) is 14.3 Å². The Balaban J connectivity index is 1.24. The van der Waals surface area contributed by atoms with Crippen molar-refractivity contribution in [2.45, 2.75) is 38.1 Å². The van der Waals surface area contributed by atoms with E-state index in [1.807, 2.05) is 30.5 Å². The molecule has 1 aliphatic heterocycles. The molecular formula is C21H23N5O. The maximum Gasteiger partial charge on any atom is 0.253 e. The first-order valence-corrected chi connectivity index (χ1v) is 9.79. The summed E-state index contributed by atoms with van der Waals surface area (Å²) in [5.74, 6) is 1.97. The van der Waals surface area contributed by atoms with Crippen LogP contribution in [0.4, 0.5) is 5.82 Å². The van der Waals surface area contributed by atoms with Gasteiger partial charge in [0.2, 0.25) is 0 Å². The average Bonchev–Trinajstić information content (AvgIpc) is 3.55. The lowest BCUT2D eigenvalue weighted by Gasteiger charge is -2.32. The molecule has 1 aromatic carbocycles. The van der Waals surface area contributed by atoms with Gasteiger partial charge in [-0.1, -0.05) is 12.1 Å². The fourth-order valence-corrected chi connectivity index (χ4v) is 3.90. The Hall–Kier alpha value is -2.76. The number of rotatable bonds is 4. The van der Waals surface area contributed by atoms with E-state index in [1.54, 1.807) is 17.0 Å². The molecule has 1 saturated carbocycles. The molecule has 6 heteroatoms. The minimum Gasteiger partial charge on any atom is -0.355 e. The quantitative estimate of drug-likeness (QED) is 0.715. The van der Waals surface area contributed by atoms with Gasteiger partial charge in [0.15, 0.2) is 0 Å². The molecule has 1 aliphatic carbocycles. The molecule has 3 heterocycles. The minimum absolute atomic E-state index is 0.0923. The number of benzene rings is 1.